The molecule has 2 heterocycles. The van der Waals surface area contributed by atoms with Crippen molar-refractivity contribution in [1.29, 1.82) is 0 Å². The molecule has 4 rings (SSSR count). The fourth-order valence-corrected chi connectivity index (χ4v) is 4.13. The van der Waals surface area contributed by atoms with E-state index in [1.165, 1.54) is 0 Å². The summed E-state index contributed by atoms with van der Waals surface area (Å²) in [5, 5.41) is 3.07. The molecule has 2 amide bonds. The number of nitrogens with zero attached hydrogens (tertiary/aromatic N) is 2. The van der Waals surface area contributed by atoms with Crippen molar-refractivity contribution in [3.63, 3.8) is 0 Å². The Morgan fingerprint density at radius 3 is 2.54 bits per heavy atom. The quantitative estimate of drug-likeness (QED) is 0.777. The lowest BCUT2D eigenvalue weighted by Crippen LogP contribution is -2.38. The van der Waals surface area contributed by atoms with Crippen molar-refractivity contribution in [2.75, 3.05) is 13.1 Å². The number of benzene rings is 1. The van der Waals surface area contributed by atoms with Gasteiger partial charge in [0.1, 0.15) is 0 Å². The van der Waals surface area contributed by atoms with Gasteiger partial charge in [-0.1, -0.05) is 22.0 Å². The van der Waals surface area contributed by atoms with Crippen LogP contribution in [-0.4, -0.2) is 40.8 Å². The molecule has 2 aromatic rings. The van der Waals surface area contributed by atoms with Gasteiger partial charge in [0.05, 0.1) is 11.3 Å². The molecule has 5 nitrogen and oxygen atoms in total. The molecule has 1 saturated carbocycles. The molecule has 0 unspecified atom stereocenters. The van der Waals surface area contributed by atoms with Crippen molar-refractivity contribution < 1.29 is 9.59 Å². The van der Waals surface area contributed by atoms with Crippen molar-refractivity contribution in [1.82, 2.24) is 15.2 Å². The first-order chi connectivity index (χ1) is 13.5. The number of piperidine rings is 1. The maximum absolute atomic E-state index is 12.8. The zero-order valence-electron chi connectivity index (χ0n) is 16.0. The predicted octanol–water partition coefficient (Wildman–Crippen LogP) is 4.06. The van der Waals surface area contributed by atoms with E-state index >= 15 is 0 Å². The number of pyridine rings is 1. The van der Waals surface area contributed by atoms with Gasteiger partial charge in [-0.15, -0.1) is 0 Å². The predicted molar refractivity (Wildman–Crippen MR) is 111 cm³/mol. The summed E-state index contributed by atoms with van der Waals surface area (Å²) in [4.78, 5) is 32.0. The maximum atomic E-state index is 12.8. The molecule has 146 valence electrons. The highest BCUT2D eigenvalue weighted by molar-refractivity contribution is 9.10. The molecule has 1 aliphatic carbocycles. The highest BCUT2D eigenvalue weighted by atomic mass is 79.9. The van der Waals surface area contributed by atoms with E-state index in [4.69, 9.17) is 4.98 Å². The van der Waals surface area contributed by atoms with Crippen LogP contribution in [0.5, 0.6) is 0 Å². The van der Waals surface area contributed by atoms with E-state index in [9.17, 15) is 9.59 Å². The van der Waals surface area contributed by atoms with Gasteiger partial charge in [0, 0.05) is 40.8 Å². The Hall–Kier alpha value is -2.21. The van der Waals surface area contributed by atoms with Crippen LogP contribution in [-0.2, 0) is 0 Å². The number of aryl methyl sites for hydroxylation is 1. The van der Waals surface area contributed by atoms with Gasteiger partial charge in [-0.2, -0.15) is 0 Å². The Bertz CT molecular complexity index is 902. The summed E-state index contributed by atoms with van der Waals surface area (Å²) in [6, 6.07) is 11.6. The van der Waals surface area contributed by atoms with Gasteiger partial charge in [0.2, 0.25) is 0 Å². The number of nitrogens with one attached hydrogen (secondary N) is 1. The summed E-state index contributed by atoms with van der Waals surface area (Å²) >= 11 is 3.43. The largest absolute Gasteiger partial charge is 0.349 e. The molecule has 0 radical (unpaired) electrons. The van der Waals surface area contributed by atoms with E-state index in [2.05, 4.69) is 21.2 Å². The van der Waals surface area contributed by atoms with Crippen LogP contribution in [0, 0.1) is 6.92 Å². The molecule has 1 aromatic heterocycles. The Morgan fingerprint density at radius 2 is 1.86 bits per heavy atom. The first-order valence-electron chi connectivity index (χ1n) is 9.84. The van der Waals surface area contributed by atoms with Crippen molar-refractivity contribution >= 4 is 27.7 Å². The van der Waals surface area contributed by atoms with Crippen molar-refractivity contribution in [3.05, 3.63) is 63.4 Å². The minimum atomic E-state index is -0.0161. The average molecular weight is 442 g/mol. The SMILES string of the molecule is Cc1ccc(C(=O)NC2CC2)c(C2CCN(C(=O)c3cccc(Br)c3)CC2)n1. The number of halogens is 1. The summed E-state index contributed by atoms with van der Waals surface area (Å²) < 4.78 is 0.906. The molecule has 0 bridgehead atoms. The molecule has 28 heavy (non-hydrogen) atoms. The van der Waals surface area contributed by atoms with E-state index in [1.54, 1.807) is 0 Å². The highest BCUT2D eigenvalue weighted by Crippen LogP contribution is 2.31. The molecule has 0 spiro atoms. The third-order valence-electron chi connectivity index (χ3n) is 5.46. The summed E-state index contributed by atoms with van der Waals surface area (Å²) in [5.41, 5.74) is 3.19. The molecule has 2 aliphatic rings. The topological polar surface area (TPSA) is 62.3 Å². The smallest absolute Gasteiger partial charge is 0.253 e. The molecule has 1 aromatic carbocycles. The lowest BCUT2D eigenvalue weighted by Gasteiger charge is -2.32. The van der Waals surface area contributed by atoms with Gasteiger partial charge in [-0.05, 0) is 62.9 Å². The Morgan fingerprint density at radius 1 is 1.11 bits per heavy atom. The van der Waals surface area contributed by atoms with E-state index in [0.29, 0.717) is 30.3 Å². The molecule has 1 N–H and O–H groups in total. The van der Waals surface area contributed by atoms with Crippen LogP contribution in [0.4, 0.5) is 0 Å². The van der Waals surface area contributed by atoms with Crippen LogP contribution in [0.1, 0.15) is 63.7 Å². The number of amides is 2. The summed E-state index contributed by atoms with van der Waals surface area (Å²) in [7, 11) is 0. The second-order valence-electron chi connectivity index (χ2n) is 7.71. The second-order valence-corrected chi connectivity index (χ2v) is 8.63. The standard InChI is InChI=1S/C22H24BrN3O2/c1-14-5-8-19(21(27)25-18-6-7-18)20(24-14)15-9-11-26(12-10-15)22(28)16-3-2-4-17(23)13-16/h2-5,8,13,15,18H,6-7,9-12H2,1H3,(H,25,27). The zero-order chi connectivity index (χ0) is 19.7. The summed E-state index contributed by atoms with van der Waals surface area (Å²) in [6.07, 6.45) is 3.77. The number of hydrogen-bond acceptors (Lipinski definition) is 3. The van der Waals surface area contributed by atoms with Crippen LogP contribution in [0.2, 0.25) is 0 Å². The average Bonchev–Trinajstić information content (AvgIpc) is 3.51. The fourth-order valence-electron chi connectivity index (χ4n) is 3.73. The Balaban J connectivity index is 1.47. The third kappa shape index (κ3) is 4.27. The van der Waals surface area contributed by atoms with E-state index in [1.807, 2.05) is 48.2 Å². The monoisotopic (exact) mass is 441 g/mol. The van der Waals surface area contributed by atoms with Gasteiger partial charge >= 0.3 is 0 Å². The van der Waals surface area contributed by atoms with Crippen LogP contribution in [0.25, 0.3) is 0 Å². The van der Waals surface area contributed by atoms with Crippen molar-refractivity contribution in [2.24, 2.45) is 0 Å². The van der Waals surface area contributed by atoms with Gasteiger partial charge in [0.15, 0.2) is 0 Å². The Labute approximate surface area is 173 Å². The number of rotatable bonds is 4. The number of likely N-dealkylation sites (tertiary alicyclic amines) is 1. The van der Waals surface area contributed by atoms with E-state index in [-0.39, 0.29) is 17.7 Å². The van der Waals surface area contributed by atoms with Gasteiger partial charge < -0.3 is 10.2 Å². The van der Waals surface area contributed by atoms with Crippen molar-refractivity contribution in [3.8, 4) is 0 Å². The number of aromatic nitrogens is 1. The van der Waals surface area contributed by atoms with Gasteiger partial charge in [-0.25, -0.2) is 0 Å². The molecule has 1 saturated heterocycles. The van der Waals surface area contributed by atoms with E-state index < -0.39 is 0 Å². The first-order valence-corrected chi connectivity index (χ1v) is 10.6. The highest BCUT2D eigenvalue weighted by Gasteiger charge is 2.30. The van der Waals surface area contributed by atoms with Crippen LogP contribution in [0.3, 0.4) is 0 Å². The minimum Gasteiger partial charge on any atom is -0.349 e. The minimum absolute atomic E-state index is 0.0161. The lowest BCUT2D eigenvalue weighted by atomic mass is 9.89. The van der Waals surface area contributed by atoms with Crippen LogP contribution >= 0.6 is 15.9 Å². The fraction of sp³-hybridized carbons (Fsp3) is 0.409. The van der Waals surface area contributed by atoms with Crippen molar-refractivity contribution in [2.45, 2.75) is 44.6 Å². The van der Waals surface area contributed by atoms with Gasteiger partial charge in [-0.3, -0.25) is 14.6 Å². The van der Waals surface area contributed by atoms with Crippen LogP contribution < -0.4 is 5.32 Å². The molecule has 1 aliphatic heterocycles. The summed E-state index contributed by atoms with van der Waals surface area (Å²) in [5.74, 6) is 0.243. The first kappa shape index (κ1) is 19.1. The number of carbonyl (C=O) groups is 2. The van der Waals surface area contributed by atoms with E-state index in [0.717, 1.165) is 41.5 Å². The molecule has 2 fully saturated rings. The van der Waals surface area contributed by atoms with Crippen LogP contribution in [0.15, 0.2) is 40.9 Å². The lowest BCUT2D eigenvalue weighted by molar-refractivity contribution is 0.0710. The summed E-state index contributed by atoms with van der Waals surface area (Å²) in [6.45, 7) is 3.31. The molecule has 0 atom stereocenters. The normalized spacial score (nSPS) is 17.4. The number of hydrogen-bond donors (Lipinski definition) is 1. The Kier molecular flexibility index (Phi) is 5.49. The second kappa shape index (κ2) is 8.03. The maximum Gasteiger partial charge on any atom is 0.253 e. The number of carbonyl (C=O) groups excluding carboxylic acids is 2. The molecular formula is C22H24BrN3O2. The molecular weight excluding hydrogens is 418 g/mol. The zero-order valence-corrected chi connectivity index (χ0v) is 17.5. The van der Waals surface area contributed by atoms with Gasteiger partial charge in [0.25, 0.3) is 11.8 Å². The third-order valence-corrected chi connectivity index (χ3v) is 5.95. The molecule has 6 heteroatoms.